The van der Waals surface area contributed by atoms with Crippen LogP contribution in [-0.2, 0) is 15.8 Å². The first-order valence-corrected chi connectivity index (χ1v) is 8.51. The summed E-state index contributed by atoms with van der Waals surface area (Å²) < 4.78 is 40.2. The minimum Gasteiger partial charge on any atom is -0.393 e. The number of aliphatic hydroxyl groups excluding tert-OH is 1. The number of hydrogen-bond donors (Lipinski definition) is 2. The Morgan fingerprint density at radius 2 is 1.95 bits per heavy atom. The molecule has 7 heteroatoms. The molecule has 1 aromatic rings. The van der Waals surface area contributed by atoms with Gasteiger partial charge >= 0.3 is 0 Å². The van der Waals surface area contributed by atoms with Crippen molar-refractivity contribution in [3.05, 3.63) is 34.6 Å². The van der Waals surface area contributed by atoms with Crippen LogP contribution in [0.5, 0.6) is 0 Å². The second kappa shape index (κ2) is 6.39. The molecule has 0 atom stereocenters. The molecule has 1 fully saturated rings. The van der Waals surface area contributed by atoms with Crippen LogP contribution in [0.2, 0.25) is 5.02 Å². The number of hydrogen-bond acceptors (Lipinski definition) is 3. The Morgan fingerprint density at radius 3 is 2.60 bits per heavy atom. The molecule has 0 amide bonds. The summed E-state index contributed by atoms with van der Waals surface area (Å²) in [5.41, 5.74) is 0.0563. The van der Waals surface area contributed by atoms with Crippen molar-refractivity contribution in [1.29, 1.82) is 0 Å². The zero-order chi connectivity index (χ0) is 14.8. The summed E-state index contributed by atoms with van der Waals surface area (Å²) in [4.78, 5) is 0. The molecule has 1 aromatic carbocycles. The fourth-order valence-electron chi connectivity index (χ4n) is 2.35. The van der Waals surface area contributed by atoms with Crippen molar-refractivity contribution in [2.75, 3.05) is 0 Å². The van der Waals surface area contributed by atoms with Gasteiger partial charge in [-0.15, -0.1) is 0 Å². The Bertz CT molecular complexity index is 571. The van der Waals surface area contributed by atoms with Crippen molar-refractivity contribution < 1.29 is 17.9 Å². The van der Waals surface area contributed by atoms with Crippen molar-refractivity contribution in [2.24, 2.45) is 0 Å². The van der Waals surface area contributed by atoms with Crippen LogP contribution in [0.1, 0.15) is 31.2 Å². The van der Waals surface area contributed by atoms with Gasteiger partial charge in [0.1, 0.15) is 5.82 Å². The molecule has 1 saturated carbocycles. The molecule has 2 rings (SSSR count). The van der Waals surface area contributed by atoms with E-state index in [9.17, 15) is 17.9 Å². The van der Waals surface area contributed by atoms with Crippen LogP contribution < -0.4 is 4.72 Å². The summed E-state index contributed by atoms with van der Waals surface area (Å²) in [7, 11) is -3.62. The van der Waals surface area contributed by atoms with Gasteiger partial charge in [-0.2, -0.15) is 0 Å². The van der Waals surface area contributed by atoms with Crippen LogP contribution in [-0.4, -0.2) is 25.7 Å². The van der Waals surface area contributed by atoms with E-state index in [1.165, 1.54) is 12.1 Å². The van der Waals surface area contributed by atoms with Gasteiger partial charge in [0, 0.05) is 16.6 Å². The third kappa shape index (κ3) is 4.41. The lowest BCUT2D eigenvalue weighted by atomic mass is 9.94. The molecule has 20 heavy (non-hydrogen) atoms. The average molecular weight is 322 g/mol. The zero-order valence-corrected chi connectivity index (χ0v) is 12.4. The van der Waals surface area contributed by atoms with Gasteiger partial charge in [0.15, 0.2) is 0 Å². The van der Waals surface area contributed by atoms with Crippen LogP contribution in [0.15, 0.2) is 18.2 Å². The maximum Gasteiger partial charge on any atom is 0.216 e. The molecular formula is C13H17ClFNO3S. The molecule has 0 aliphatic heterocycles. The lowest BCUT2D eigenvalue weighted by Crippen LogP contribution is -2.39. The van der Waals surface area contributed by atoms with Crippen molar-refractivity contribution in [1.82, 2.24) is 4.72 Å². The minimum atomic E-state index is -3.62. The average Bonchev–Trinajstić information content (AvgIpc) is 2.36. The van der Waals surface area contributed by atoms with E-state index in [2.05, 4.69) is 4.72 Å². The predicted molar refractivity (Wildman–Crippen MR) is 75.4 cm³/mol. The van der Waals surface area contributed by atoms with Gasteiger partial charge in [-0.3, -0.25) is 0 Å². The van der Waals surface area contributed by atoms with Crippen molar-refractivity contribution in [2.45, 2.75) is 43.6 Å². The van der Waals surface area contributed by atoms with E-state index in [0.29, 0.717) is 30.7 Å². The first kappa shape index (κ1) is 15.7. The first-order valence-electron chi connectivity index (χ1n) is 6.48. The number of rotatable bonds is 4. The van der Waals surface area contributed by atoms with Crippen LogP contribution in [0.4, 0.5) is 4.39 Å². The topological polar surface area (TPSA) is 66.4 Å². The highest BCUT2D eigenvalue weighted by Gasteiger charge is 2.24. The van der Waals surface area contributed by atoms with E-state index in [4.69, 9.17) is 11.6 Å². The van der Waals surface area contributed by atoms with Gasteiger partial charge in [-0.1, -0.05) is 11.6 Å². The van der Waals surface area contributed by atoms with Crippen molar-refractivity contribution in [3.63, 3.8) is 0 Å². The van der Waals surface area contributed by atoms with Crippen LogP contribution >= 0.6 is 11.6 Å². The SMILES string of the molecule is O=S(=O)(Cc1cc(Cl)ccc1F)NC1CCC(O)CC1. The van der Waals surface area contributed by atoms with E-state index in [1.807, 2.05) is 0 Å². The Balaban J connectivity index is 2.02. The van der Waals surface area contributed by atoms with Crippen LogP contribution in [0.3, 0.4) is 0 Å². The molecule has 0 spiro atoms. The van der Waals surface area contributed by atoms with Gasteiger partial charge in [0.05, 0.1) is 11.9 Å². The van der Waals surface area contributed by atoms with Crippen LogP contribution in [0, 0.1) is 5.82 Å². The van der Waals surface area contributed by atoms with Crippen molar-refractivity contribution >= 4 is 21.6 Å². The summed E-state index contributed by atoms with van der Waals surface area (Å²) in [6, 6.07) is 3.67. The fourth-order valence-corrected chi connectivity index (χ4v) is 4.00. The molecule has 1 aliphatic rings. The highest BCUT2D eigenvalue weighted by Crippen LogP contribution is 2.21. The molecule has 2 N–H and O–H groups in total. The predicted octanol–water partition coefficient (Wildman–Crippen LogP) is 2.20. The van der Waals surface area contributed by atoms with Gasteiger partial charge in [0.25, 0.3) is 0 Å². The Morgan fingerprint density at radius 1 is 1.30 bits per heavy atom. The van der Waals surface area contributed by atoms with Crippen LogP contribution in [0.25, 0.3) is 0 Å². The Hall–Kier alpha value is -0.690. The van der Waals surface area contributed by atoms with Gasteiger partial charge in [0.2, 0.25) is 10.0 Å². The maximum absolute atomic E-state index is 13.5. The highest BCUT2D eigenvalue weighted by molar-refractivity contribution is 7.88. The molecule has 1 aliphatic carbocycles. The number of aliphatic hydroxyl groups is 1. The third-order valence-electron chi connectivity index (χ3n) is 3.40. The lowest BCUT2D eigenvalue weighted by Gasteiger charge is -2.26. The minimum absolute atomic E-state index is 0.0563. The summed E-state index contributed by atoms with van der Waals surface area (Å²) >= 11 is 5.74. The Kier molecular flexibility index (Phi) is 5.01. The van der Waals surface area contributed by atoms with E-state index < -0.39 is 21.6 Å². The van der Waals surface area contributed by atoms with E-state index in [-0.39, 0.29) is 17.7 Å². The zero-order valence-electron chi connectivity index (χ0n) is 10.9. The number of nitrogens with one attached hydrogen (secondary N) is 1. The first-order chi connectivity index (χ1) is 9.35. The number of benzene rings is 1. The van der Waals surface area contributed by atoms with Crippen molar-refractivity contribution in [3.8, 4) is 0 Å². The third-order valence-corrected chi connectivity index (χ3v) is 5.01. The normalized spacial score (nSPS) is 23.8. The molecule has 0 aromatic heterocycles. The fraction of sp³-hybridized carbons (Fsp3) is 0.538. The maximum atomic E-state index is 13.5. The molecule has 112 valence electrons. The molecule has 0 heterocycles. The molecular weight excluding hydrogens is 305 g/mol. The summed E-state index contributed by atoms with van der Waals surface area (Å²) in [6.45, 7) is 0. The van der Waals surface area contributed by atoms with Gasteiger partial charge < -0.3 is 5.11 Å². The highest BCUT2D eigenvalue weighted by atomic mass is 35.5. The summed E-state index contributed by atoms with van der Waals surface area (Å²) in [5, 5.41) is 9.69. The molecule has 4 nitrogen and oxygen atoms in total. The van der Waals surface area contributed by atoms with E-state index in [1.54, 1.807) is 0 Å². The van der Waals surface area contributed by atoms with Gasteiger partial charge in [-0.25, -0.2) is 17.5 Å². The quantitative estimate of drug-likeness (QED) is 0.893. The molecule has 0 unspecified atom stereocenters. The smallest absolute Gasteiger partial charge is 0.216 e. The Labute approximate surface area is 123 Å². The molecule has 0 radical (unpaired) electrons. The standard InChI is InChI=1S/C13H17ClFNO3S/c14-10-1-6-13(15)9(7-10)8-20(18,19)16-11-2-4-12(17)5-3-11/h1,6-7,11-12,16-17H,2-5,8H2. The lowest BCUT2D eigenvalue weighted by molar-refractivity contribution is 0.120. The number of sulfonamides is 1. The van der Waals surface area contributed by atoms with E-state index >= 15 is 0 Å². The largest absolute Gasteiger partial charge is 0.393 e. The number of halogens is 2. The second-order valence-electron chi connectivity index (χ2n) is 5.12. The van der Waals surface area contributed by atoms with Gasteiger partial charge in [-0.05, 0) is 43.9 Å². The summed E-state index contributed by atoms with van der Waals surface area (Å²) in [6.07, 6.45) is 2.01. The molecule has 0 saturated heterocycles. The monoisotopic (exact) mass is 321 g/mol. The second-order valence-corrected chi connectivity index (χ2v) is 7.31. The summed E-state index contributed by atoms with van der Waals surface area (Å²) in [5.74, 6) is -1.02. The molecule has 0 bridgehead atoms. The van der Waals surface area contributed by atoms with E-state index in [0.717, 1.165) is 6.07 Å².